The van der Waals surface area contributed by atoms with E-state index in [2.05, 4.69) is 10.1 Å². The van der Waals surface area contributed by atoms with Crippen LogP contribution in [0.15, 0.2) is 27.3 Å². The van der Waals surface area contributed by atoms with E-state index in [4.69, 9.17) is 8.94 Å². The molecule has 0 unspecified atom stereocenters. The Morgan fingerprint density at radius 2 is 1.85 bits per heavy atom. The molecule has 8 nitrogen and oxygen atoms in total. The maximum Gasteiger partial charge on any atom is 0.238 e. The number of piperazine rings is 1. The Kier molecular flexibility index (Phi) is 5.11. The van der Waals surface area contributed by atoms with Gasteiger partial charge < -0.3 is 18.7 Å². The summed E-state index contributed by atoms with van der Waals surface area (Å²) in [7, 11) is 0. The van der Waals surface area contributed by atoms with Gasteiger partial charge in [0.2, 0.25) is 23.5 Å². The van der Waals surface area contributed by atoms with Crippen molar-refractivity contribution < 1.29 is 18.5 Å². The number of aryl methyl sites for hydroxylation is 1. The lowest BCUT2D eigenvalue weighted by Gasteiger charge is -2.37. The van der Waals surface area contributed by atoms with Crippen molar-refractivity contribution >= 4 is 11.8 Å². The fraction of sp³-hybridized carbons (Fsp3) is 0.556. The molecule has 1 aliphatic rings. The zero-order valence-corrected chi connectivity index (χ0v) is 15.4. The molecule has 0 bridgehead atoms. The summed E-state index contributed by atoms with van der Waals surface area (Å²) in [5, 5.41) is 3.85. The van der Waals surface area contributed by atoms with Crippen molar-refractivity contribution in [3.05, 3.63) is 24.3 Å². The number of furan rings is 1. The summed E-state index contributed by atoms with van der Waals surface area (Å²) in [5.41, 5.74) is -0.393. The lowest BCUT2D eigenvalue weighted by Crippen LogP contribution is -2.53. The molecular formula is C18H24N4O4. The van der Waals surface area contributed by atoms with Crippen LogP contribution in [-0.4, -0.2) is 57.9 Å². The highest BCUT2D eigenvalue weighted by Crippen LogP contribution is 2.19. The van der Waals surface area contributed by atoms with Crippen molar-refractivity contribution in [1.82, 2.24) is 19.9 Å². The fourth-order valence-electron chi connectivity index (χ4n) is 2.87. The van der Waals surface area contributed by atoms with Gasteiger partial charge in [0.15, 0.2) is 5.76 Å². The molecule has 3 heterocycles. The molecule has 0 aliphatic carbocycles. The molecule has 3 rings (SSSR count). The molecule has 2 aromatic heterocycles. The fourth-order valence-corrected chi connectivity index (χ4v) is 2.87. The highest BCUT2D eigenvalue weighted by Gasteiger charge is 2.30. The number of rotatable bonds is 4. The first kappa shape index (κ1) is 18.2. The average Bonchev–Trinajstić information content (AvgIpc) is 3.29. The predicted molar refractivity (Wildman–Crippen MR) is 92.9 cm³/mol. The van der Waals surface area contributed by atoms with Crippen LogP contribution >= 0.6 is 0 Å². The van der Waals surface area contributed by atoms with E-state index in [0.717, 1.165) is 0 Å². The third-order valence-corrected chi connectivity index (χ3v) is 4.32. The third kappa shape index (κ3) is 4.12. The van der Waals surface area contributed by atoms with Crippen LogP contribution in [0.1, 0.15) is 33.1 Å². The third-order valence-electron chi connectivity index (χ3n) is 4.32. The van der Waals surface area contributed by atoms with Crippen LogP contribution < -0.4 is 0 Å². The molecule has 0 aromatic carbocycles. The Labute approximate surface area is 152 Å². The molecular weight excluding hydrogens is 336 g/mol. The largest absolute Gasteiger partial charge is 0.461 e. The van der Waals surface area contributed by atoms with Gasteiger partial charge in [0, 0.05) is 44.4 Å². The van der Waals surface area contributed by atoms with Crippen LogP contribution in [0, 0.1) is 5.41 Å². The van der Waals surface area contributed by atoms with Crippen molar-refractivity contribution in [3.8, 4) is 11.6 Å². The molecule has 140 valence electrons. The molecule has 0 spiro atoms. The Bertz CT molecular complexity index is 753. The van der Waals surface area contributed by atoms with Gasteiger partial charge in [-0.25, -0.2) is 0 Å². The first-order valence-corrected chi connectivity index (χ1v) is 8.78. The molecule has 8 heteroatoms. The minimum Gasteiger partial charge on any atom is -0.461 e. The Hall–Kier alpha value is -2.64. The van der Waals surface area contributed by atoms with Crippen LogP contribution in [0.4, 0.5) is 0 Å². The summed E-state index contributed by atoms with van der Waals surface area (Å²) in [4.78, 5) is 32.5. The van der Waals surface area contributed by atoms with E-state index in [0.29, 0.717) is 56.5 Å². The van der Waals surface area contributed by atoms with E-state index in [1.807, 2.05) is 25.7 Å². The van der Waals surface area contributed by atoms with E-state index in [1.54, 1.807) is 23.3 Å². The van der Waals surface area contributed by atoms with E-state index >= 15 is 0 Å². The molecule has 26 heavy (non-hydrogen) atoms. The molecule has 2 amide bonds. The van der Waals surface area contributed by atoms with Crippen LogP contribution in [0.5, 0.6) is 0 Å². The first-order valence-electron chi connectivity index (χ1n) is 8.78. The Morgan fingerprint density at radius 3 is 2.46 bits per heavy atom. The van der Waals surface area contributed by atoms with Crippen LogP contribution in [-0.2, 0) is 16.0 Å². The first-order chi connectivity index (χ1) is 12.3. The molecule has 0 N–H and O–H groups in total. The summed E-state index contributed by atoms with van der Waals surface area (Å²) < 4.78 is 10.4. The number of aromatic nitrogens is 2. The maximum atomic E-state index is 12.4. The molecule has 1 fully saturated rings. The van der Waals surface area contributed by atoms with Gasteiger partial charge in [-0.05, 0) is 12.1 Å². The molecule has 2 aromatic rings. The van der Waals surface area contributed by atoms with E-state index in [1.165, 1.54) is 0 Å². The van der Waals surface area contributed by atoms with Crippen molar-refractivity contribution in [3.63, 3.8) is 0 Å². The standard InChI is InChI=1S/C18H24N4O4/c1-18(2,3)17(24)22-10-8-21(9-11-22)15(23)7-6-14-19-16(20-26-14)13-5-4-12-25-13/h4-5,12H,6-11H2,1-3H3. The quantitative estimate of drug-likeness (QED) is 0.828. The van der Waals surface area contributed by atoms with Gasteiger partial charge in [-0.15, -0.1) is 0 Å². The molecule has 1 aliphatic heterocycles. The number of hydrogen-bond donors (Lipinski definition) is 0. The number of carbonyl (C=O) groups excluding carboxylic acids is 2. The predicted octanol–water partition coefficient (Wildman–Crippen LogP) is 1.98. The van der Waals surface area contributed by atoms with E-state index < -0.39 is 5.41 Å². The highest BCUT2D eigenvalue weighted by atomic mass is 16.5. The van der Waals surface area contributed by atoms with Gasteiger partial charge in [0.05, 0.1) is 6.26 Å². The second-order valence-corrected chi connectivity index (χ2v) is 7.41. The highest BCUT2D eigenvalue weighted by molar-refractivity contribution is 5.82. The van der Waals surface area contributed by atoms with Crippen molar-refractivity contribution in [2.75, 3.05) is 26.2 Å². The topological polar surface area (TPSA) is 92.7 Å². The second kappa shape index (κ2) is 7.31. The summed E-state index contributed by atoms with van der Waals surface area (Å²) in [5.74, 6) is 1.48. The van der Waals surface area contributed by atoms with Crippen LogP contribution in [0.2, 0.25) is 0 Å². The summed E-state index contributed by atoms with van der Waals surface area (Å²) >= 11 is 0. The lowest BCUT2D eigenvalue weighted by atomic mass is 9.94. The van der Waals surface area contributed by atoms with Gasteiger partial charge in [-0.2, -0.15) is 4.98 Å². The maximum absolute atomic E-state index is 12.4. The minimum atomic E-state index is -0.393. The van der Waals surface area contributed by atoms with Gasteiger partial charge in [0.25, 0.3) is 0 Å². The molecule has 0 saturated carbocycles. The van der Waals surface area contributed by atoms with Gasteiger partial charge in [-0.3, -0.25) is 9.59 Å². The van der Waals surface area contributed by atoms with E-state index in [9.17, 15) is 9.59 Å². The van der Waals surface area contributed by atoms with E-state index in [-0.39, 0.29) is 11.8 Å². The summed E-state index contributed by atoms with van der Waals surface area (Å²) in [6.45, 7) is 8.00. The van der Waals surface area contributed by atoms with Gasteiger partial charge >= 0.3 is 0 Å². The second-order valence-electron chi connectivity index (χ2n) is 7.41. The Balaban J connectivity index is 1.47. The average molecular weight is 360 g/mol. The summed E-state index contributed by atoms with van der Waals surface area (Å²) in [6, 6.07) is 3.50. The number of amides is 2. The molecule has 0 radical (unpaired) electrons. The minimum absolute atomic E-state index is 0.0330. The van der Waals surface area contributed by atoms with Crippen LogP contribution in [0.25, 0.3) is 11.6 Å². The number of carbonyl (C=O) groups is 2. The van der Waals surface area contributed by atoms with Crippen molar-refractivity contribution in [2.45, 2.75) is 33.6 Å². The smallest absolute Gasteiger partial charge is 0.238 e. The number of nitrogens with zero attached hydrogens (tertiary/aromatic N) is 4. The number of hydrogen-bond acceptors (Lipinski definition) is 6. The van der Waals surface area contributed by atoms with Crippen LogP contribution in [0.3, 0.4) is 0 Å². The zero-order valence-electron chi connectivity index (χ0n) is 15.4. The van der Waals surface area contributed by atoms with Gasteiger partial charge in [0.1, 0.15) is 0 Å². The SMILES string of the molecule is CC(C)(C)C(=O)N1CCN(C(=O)CCc2nc(-c3ccco3)no2)CC1. The van der Waals surface area contributed by atoms with Crippen molar-refractivity contribution in [2.24, 2.45) is 5.41 Å². The van der Waals surface area contributed by atoms with Gasteiger partial charge in [-0.1, -0.05) is 25.9 Å². The monoisotopic (exact) mass is 360 g/mol. The molecule has 0 atom stereocenters. The normalized spacial score (nSPS) is 15.3. The zero-order chi connectivity index (χ0) is 18.7. The molecule has 1 saturated heterocycles. The summed E-state index contributed by atoms with van der Waals surface area (Å²) in [6.07, 6.45) is 2.22. The Morgan fingerprint density at radius 1 is 1.15 bits per heavy atom. The lowest BCUT2D eigenvalue weighted by molar-refractivity contribution is -0.144. The van der Waals surface area contributed by atoms with Crippen molar-refractivity contribution in [1.29, 1.82) is 0 Å².